The van der Waals surface area contributed by atoms with Gasteiger partial charge in [-0.2, -0.15) is 5.26 Å². The van der Waals surface area contributed by atoms with E-state index in [1.54, 1.807) is 37.4 Å². The Hall–Kier alpha value is -4.31. The fourth-order valence-electron chi connectivity index (χ4n) is 5.57. The topological polar surface area (TPSA) is 116 Å². The summed E-state index contributed by atoms with van der Waals surface area (Å²) in [6.45, 7) is 10.1. The second kappa shape index (κ2) is 9.16. The number of nitrogens with zero attached hydrogens (tertiary/aromatic N) is 1. The Morgan fingerprint density at radius 3 is 2.38 bits per heavy atom. The summed E-state index contributed by atoms with van der Waals surface area (Å²) in [7, 11) is 1.58. The molecule has 1 aliphatic carbocycles. The molecule has 0 bridgehead atoms. The van der Waals surface area contributed by atoms with E-state index in [9.17, 15) is 14.9 Å². The van der Waals surface area contributed by atoms with Gasteiger partial charge in [-0.25, -0.2) is 4.79 Å². The number of rotatable bonds is 3. The maximum atomic E-state index is 13.5. The Bertz CT molecular complexity index is 1670. The summed E-state index contributed by atoms with van der Waals surface area (Å²) < 4.78 is 17.1. The summed E-state index contributed by atoms with van der Waals surface area (Å²) in [6.07, 6.45) is 0.890. The van der Waals surface area contributed by atoms with Gasteiger partial charge in [0.1, 0.15) is 28.7 Å². The highest BCUT2D eigenvalue weighted by Crippen LogP contribution is 2.49. The Morgan fingerprint density at radius 2 is 1.77 bits per heavy atom. The molecule has 7 heteroatoms. The zero-order chi connectivity index (χ0) is 28.3. The Morgan fingerprint density at radius 1 is 1.08 bits per heavy atom. The molecule has 1 atom stereocenters. The number of benzene rings is 2. The van der Waals surface area contributed by atoms with E-state index >= 15 is 0 Å². The summed E-state index contributed by atoms with van der Waals surface area (Å²) in [5, 5.41) is 10.8. The lowest BCUT2D eigenvalue weighted by atomic mass is 9.69. The van der Waals surface area contributed by atoms with Crippen LogP contribution in [0.4, 0.5) is 0 Å². The molecule has 0 radical (unpaired) electrons. The van der Waals surface area contributed by atoms with Gasteiger partial charge in [-0.05, 0) is 46.2 Å². The average molecular weight is 525 g/mol. The number of Topliss-reactive ketones (excluding diaryl/α,β-unsaturated/α-hetero) is 1. The zero-order valence-corrected chi connectivity index (χ0v) is 23.1. The van der Waals surface area contributed by atoms with Crippen molar-refractivity contribution in [2.45, 2.75) is 58.8 Å². The fourth-order valence-corrected chi connectivity index (χ4v) is 5.57. The third kappa shape index (κ3) is 4.61. The minimum Gasteiger partial charge on any atom is -0.497 e. The van der Waals surface area contributed by atoms with Crippen LogP contribution in [0.25, 0.3) is 22.1 Å². The average Bonchev–Trinajstić information content (AvgIpc) is 2.85. The molecule has 2 aromatic carbocycles. The van der Waals surface area contributed by atoms with E-state index in [0.717, 1.165) is 11.1 Å². The molecular weight excluding hydrogens is 492 g/mol. The van der Waals surface area contributed by atoms with Gasteiger partial charge < -0.3 is 19.6 Å². The first-order valence-corrected chi connectivity index (χ1v) is 12.9. The number of nitriles is 1. The molecule has 1 aliphatic heterocycles. The summed E-state index contributed by atoms with van der Waals surface area (Å²) in [6, 6.07) is 15.0. The lowest BCUT2D eigenvalue weighted by Crippen LogP contribution is -2.33. The number of fused-ring (bicyclic) bond motifs is 1. The van der Waals surface area contributed by atoms with Gasteiger partial charge in [0.25, 0.3) is 0 Å². The summed E-state index contributed by atoms with van der Waals surface area (Å²) in [4.78, 5) is 26.7. The summed E-state index contributed by atoms with van der Waals surface area (Å²) in [5.41, 5.74) is 8.89. The molecule has 2 heterocycles. The van der Waals surface area contributed by atoms with Crippen LogP contribution in [0, 0.1) is 16.7 Å². The van der Waals surface area contributed by atoms with Gasteiger partial charge in [0.15, 0.2) is 5.78 Å². The molecule has 0 spiro atoms. The molecule has 3 aromatic rings. The van der Waals surface area contributed by atoms with Gasteiger partial charge in [0.05, 0.1) is 18.6 Å². The van der Waals surface area contributed by atoms with Crippen LogP contribution in [0.2, 0.25) is 0 Å². The van der Waals surface area contributed by atoms with Crippen molar-refractivity contribution in [1.29, 1.82) is 5.26 Å². The minimum atomic E-state index is -0.677. The number of allylic oxidation sites excluding steroid dienone is 3. The molecule has 1 aromatic heterocycles. The number of ether oxygens (including phenoxy) is 2. The first-order chi connectivity index (χ1) is 18.3. The Balaban J connectivity index is 1.78. The third-order valence-corrected chi connectivity index (χ3v) is 7.47. The van der Waals surface area contributed by atoms with Crippen molar-refractivity contribution in [3.05, 3.63) is 86.8 Å². The number of ketones is 1. The van der Waals surface area contributed by atoms with Gasteiger partial charge in [0, 0.05) is 29.4 Å². The lowest BCUT2D eigenvalue weighted by Gasteiger charge is -2.37. The van der Waals surface area contributed by atoms with Crippen LogP contribution < -0.4 is 16.1 Å². The molecule has 7 nitrogen and oxygen atoms in total. The van der Waals surface area contributed by atoms with Crippen molar-refractivity contribution < 1.29 is 18.7 Å². The molecule has 2 aliphatic rings. The maximum Gasteiger partial charge on any atom is 0.344 e. The van der Waals surface area contributed by atoms with E-state index in [-0.39, 0.29) is 22.7 Å². The Kier molecular flexibility index (Phi) is 6.18. The monoisotopic (exact) mass is 524 g/mol. The van der Waals surface area contributed by atoms with Crippen molar-refractivity contribution in [1.82, 2.24) is 0 Å². The van der Waals surface area contributed by atoms with Crippen molar-refractivity contribution in [3.63, 3.8) is 0 Å². The molecule has 39 heavy (non-hydrogen) atoms. The van der Waals surface area contributed by atoms with Gasteiger partial charge in [-0.15, -0.1) is 0 Å². The van der Waals surface area contributed by atoms with Crippen LogP contribution in [0.5, 0.6) is 5.75 Å². The second-order valence-electron chi connectivity index (χ2n) is 12.1. The molecular formula is C32H32N2O5. The van der Waals surface area contributed by atoms with E-state index in [2.05, 4.69) is 6.07 Å². The quantitative estimate of drug-likeness (QED) is 0.405. The molecule has 2 N–H and O–H groups in total. The predicted molar refractivity (Wildman–Crippen MR) is 149 cm³/mol. The second-order valence-corrected chi connectivity index (χ2v) is 12.1. The minimum absolute atomic E-state index is 0.0164. The highest BCUT2D eigenvalue weighted by Gasteiger charge is 2.43. The number of carbonyl (C=O) groups excluding carboxylic acids is 1. The van der Waals surface area contributed by atoms with E-state index in [1.807, 2.05) is 46.8 Å². The molecule has 0 saturated carbocycles. The number of nitrogens with two attached hydrogens (primary N) is 1. The van der Waals surface area contributed by atoms with Crippen molar-refractivity contribution in [2.75, 3.05) is 7.11 Å². The van der Waals surface area contributed by atoms with Gasteiger partial charge in [0.2, 0.25) is 5.88 Å². The predicted octanol–water partition coefficient (Wildman–Crippen LogP) is 6.22. The Labute approximate surface area is 227 Å². The molecule has 200 valence electrons. The molecule has 1 unspecified atom stereocenters. The molecule has 0 amide bonds. The largest absolute Gasteiger partial charge is 0.497 e. The third-order valence-electron chi connectivity index (χ3n) is 7.47. The van der Waals surface area contributed by atoms with Crippen molar-refractivity contribution in [3.8, 4) is 22.9 Å². The van der Waals surface area contributed by atoms with Crippen LogP contribution in [0.1, 0.15) is 64.5 Å². The normalized spacial score (nSPS) is 19.0. The number of hydrogen-bond donors (Lipinski definition) is 1. The highest BCUT2D eigenvalue weighted by molar-refractivity contribution is 6.00. The van der Waals surface area contributed by atoms with Crippen LogP contribution >= 0.6 is 0 Å². The van der Waals surface area contributed by atoms with E-state index in [4.69, 9.17) is 19.6 Å². The first-order valence-electron chi connectivity index (χ1n) is 12.9. The van der Waals surface area contributed by atoms with E-state index < -0.39 is 17.0 Å². The standard InChI is InChI=1S/C32H32N2O5/c1-31(2,3)23-13-18(26-22(16-33)29(34)38-25-15-32(4,5)14-24(35)27(25)26)11-19-12-21(30(36)39-28(19)23)17-7-9-20(37-6)10-8-17/h7-13,26H,14-15,34H2,1-6H3. The SMILES string of the molecule is COc1ccc(-c2cc3cc(C4C(C#N)=C(N)OC5=C4C(=O)CC(C)(C)C5)cc(C(C)(C)C)c3oc2=O)cc1. The maximum absolute atomic E-state index is 13.5. The number of hydrogen-bond acceptors (Lipinski definition) is 7. The smallest absolute Gasteiger partial charge is 0.344 e. The highest BCUT2D eigenvalue weighted by atomic mass is 16.5. The van der Waals surface area contributed by atoms with Crippen LogP contribution in [0.3, 0.4) is 0 Å². The van der Waals surface area contributed by atoms with Crippen LogP contribution in [0.15, 0.2) is 74.5 Å². The van der Waals surface area contributed by atoms with Gasteiger partial charge in [-0.1, -0.05) is 52.8 Å². The molecule has 0 fully saturated rings. The van der Waals surface area contributed by atoms with E-state index in [0.29, 0.717) is 52.0 Å². The zero-order valence-electron chi connectivity index (χ0n) is 23.1. The lowest BCUT2D eigenvalue weighted by molar-refractivity contribution is -0.119. The van der Waals surface area contributed by atoms with Gasteiger partial charge in [-0.3, -0.25) is 4.79 Å². The number of methoxy groups -OCH3 is 1. The number of carbonyl (C=O) groups is 1. The van der Waals surface area contributed by atoms with Gasteiger partial charge >= 0.3 is 5.63 Å². The fraction of sp³-hybridized carbons (Fsp3) is 0.344. The summed E-state index contributed by atoms with van der Waals surface area (Å²) >= 11 is 0. The molecule has 0 saturated heterocycles. The summed E-state index contributed by atoms with van der Waals surface area (Å²) in [5.74, 6) is 0.488. The van der Waals surface area contributed by atoms with Crippen molar-refractivity contribution >= 4 is 16.8 Å². The van der Waals surface area contributed by atoms with Crippen LogP contribution in [-0.4, -0.2) is 12.9 Å². The van der Waals surface area contributed by atoms with E-state index in [1.165, 1.54) is 0 Å². The first kappa shape index (κ1) is 26.3. The molecule has 5 rings (SSSR count). The van der Waals surface area contributed by atoms with Crippen molar-refractivity contribution in [2.24, 2.45) is 11.1 Å². The van der Waals surface area contributed by atoms with Crippen LogP contribution in [-0.2, 0) is 14.9 Å².